The molecule has 0 amide bonds. The molecule has 0 unspecified atom stereocenters. The number of rotatable bonds is 6. The Hall–Kier alpha value is -1.02. The summed E-state index contributed by atoms with van der Waals surface area (Å²) >= 11 is 0. The second-order valence-corrected chi connectivity index (χ2v) is 6.30. The summed E-state index contributed by atoms with van der Waals surface area (Å²) < 4.78 is 10.8. The largest absolute Gasteiger partial charge is 0.491 e. The Morgan fingerprint density at radius 2 is 2.00 bits per heavy atom. The van der Waals surface area contributed by atoms with Crippen molar-refractivity contribution in [3.63, 3.8) is 0 Å². The molecule has 2 N–H and O–H groups in total. The lowest BCUT2D eigenvalue weighted by molar-refractivity contribution is 0.145. The molecule has 0 saturated carbocycles. The normalized spacial score (nSPS) is 16.0. The number of methoxy groups -OCH3 is 1. The minimum atomic E-state index is 0. The van der Waals surface area contributed by atoms with Crippen LogP contribution < -0.4 is 10.5 Å². The average molecular weight is 447 g/mol. The van der Waals surface area contributed by atoms with Crippen LogP contribution in [0.2, 0.25) is 0 Å². The first-order valence-corrected chi connectivity index (χ1v) is 8.36. The maximum atomic E-state index is 6.16. The third kappa shape index (κ3) is 6.47. The molecule has 1 saturated heterocycles. The molecule has 0 atom stereocenters. The molecule has 136 valence electrons. The van der Waals surface area contributed by atoms with Gasteiger partial charge in [0.05, 0.1) is 13.2 Å². The summed E-state index contributed by atoms with van der Waals surface area (Å²) in [5.41, 5.74) is 8.38. The van der Waals surface area contributed by atoms with E-state index in [2.05, 4.69) is 35.9 Å². The zero-order chi connectivity index (χ0) is 16.7. The van der Waals surface area contributed by atoms with E-state index in [0.29, 0.717) is 25.7 Å². The van der Waals surface area contributed by atoms with Gasteiger partial charge in [-0.15, -0.1) is 24.0 Å². The Morgan fingerprint density at radius 1 is 1.29 bits per heavy atom. The highest BCUT2D eigenvalue weighted by Crippen LogP contribution is 2.22. The zero-order valence-electron chi connectivity index (χ0n) is 15.0. The number of hydrogen-bond donors (Lipinski definition) is 1. The maximum absolute atomic E-state index is 6.16. The minimum Gasteiger partial charge on any atom is -0.491 e. The summed E-state index contributed by atoms with van der Waals surface area (Å²) in [4.78, 5) is 6.75. The van der Waals surface area contributed by atoms with E-state index in [1.165, 1.54) is 18.4 Å². The minimum absolute atomic E-state index is 0. The molecular weight excluding hydrogens is 417 g/mol. The molecule has 1 aliphatic rings. The van der Waals surface area contributed by atoms with Crippen molar-refractivity contribution in [3.05, 3.63) is 29.3 Å². The van der Waals surface area contributed by atoms with E-state index in [1.807, 2.05) is 6.07 Å². The SMILES string of the molecule is COCCOc1cc(C)ccc1CN=C(N)N1CCC(C)CC1.I. The van der Waals surface area contributed by atoms with E-state index in [9.17, 15) is 0 Å². The molecule has 6 heteroatoms. The fourth-order valence-electron chi connectivity index (χ4n) is 2.67. The van der Waals surface area contributed by atoms with Crippen molar-refractivity contribution in [1.29, 1.82) is 0 Å². The third-order valence-corrected chi connectivity index (χ3v) is 4.29. The lowest BCUT2D eigenvalue weighted by Gasteiger charge is -2.31. The Kier molecular flexibility index (Phi) is 9.43. The summed E-state index contributed by atoms with van der Waals surface area (Å²) in [5.74, 6) is 2.29. The van der Waals surface area contributed by atoms with E-state index in [-0.39, 0.29) is 24.0 Å². The van der Waals surface area contributed by atoms with Crippen LogP contribution in [0, 0.1) is 12.8 Å². The molecule has 1 aromatic rings. The Labute approximate surface area is 162 Å². The van der Waals surface area contributed by atoms with Crippen LogP contribution in [-0.2, 0) is 11.3 Å². The van der Waals surface area contributed by atoms with Crippen molar-refractivity contribution >= 4 is 29.9 Å². The summed E-state index contributed by atoms with van der Waals surface area (Å²) in [6, 6.07) is 6.18. The molecule has 0 bridgehead atoms. The fourth-order valence-corrected chi connectivity index (χ4v) is 2.67. The van der Waals surface area contributed by atoms with Gasteiger partial charge in [-0.2, -0.15) is 0 Å². The number of halogens is 1. The molecule has 0 aliphatic carbocycles. The van der Waals surface area contributed by atoms with Crippen LogP contribution in [0.5, 0.6) is 5.75 Å². The smallest absolute Gasteiger partial charge is 0.191 e. The summed E-state index contributed by atoms with van der Waals surface area (Å²) in [6.07, 6.45) is 2.37. The summed E-state index contributed by atoms with van der Waals surface area (Å²) in [6.45, 7) is 8.00. The first-order chi connectivity index (χ1) is 11.1. The van der Waals surface area contributed by atoms with Gasteiger partial charge < -0.3 is 20.1 Å². The van der Waals surface area contributed by atoms with Gasteiger partial charge >= 0.3 is 0 Å². The second-order valence-electron chi connectivity index (χ2n) is 6.30. The van der Waals surface area contributed by atoms with Gasteiger partial charge in [0.1, 0.15) is 12.4 Å². The van der Waals surface area contributed by atoms with Crippen LogP contribution in [0.25, 0.3) is 0 Å². The van der Waals surface area contributed by atoms with E-state index in [0.717, 1.165) is 30.3 Å². The Bertz CT molecular complexity index is 529. The van der Waals surface area contributed by atoms with Crippen molar-refractivity contribution in [2.24, 2.45) is 16.6 Å². The van der Waals surface area contributed by atoms with Crippen molar-refractivity contribution in [2.45, 2.75) is 33.2 Å². The molecule has 2 rings (SSSR count). The molecular formula is C18H30IN3O2. The molecule has 0 spiro atoms. The molecule has 5 nitrogen and oxygen atoms in total. The van der Waals surface area contributed by atoms with Gasteiger partial charge in [-0.05, 0) is 37.3 Å². The van der Waals surface area contributed by atoms with Gasteiger partial charge in [-0.3, -0.25) is 0 Å². The zero-order valence-corrected chi connectivity index (χ0v) is 17.3. The molecule has 1 heterocycles. The average Bonchev–Trinajstić information content (AvgIpc) is 2.54. The van der Waals surface area contributed by atoms with E-state index < -0.39 is 0 Å². The van der Waals surface area contributed by atoms with Crippen LogP contribution in [-0.4, -0.2) is 44.3 Å². The van der Waals surface area contributed by atoms with Gasteiger partial charge in [0.25, 0.3) is 0 Å². The Morgan fingerprint density at radius 3 is 2.67 bits per heavy atom. The van der Waals surface area contributed by atoms with Gasteiger partial charge in [0.2, 0.25) is 0 Å². The number of aliphatic imine (C=N–C) groups is 1. The number of likely N-dealkylation sites (tertiary alicyclic amines) is 1. The monoisotopic (exact) mass is 447 g/mol. The topological polar surface area (TPSA) is 60.1 Å². The van der Waals surface area contributed by atoms with Crippen molar-refractivity contribution in [2.75, 3.05) is 33.4 Å². The van der Waals surface area contributed by atoms with E-state index in [1.54, 1.807) is 7.11 Å². The van der Waals surface area contributed by atoms with E-state index >= 15 is 0 Å². The standard InChI is InChI=1S/C18H29N3O2.HI/c1-14-6-8-21(9-7-14)18(19)20-13-16-5-4-15(2)12-17(16)23-11-10-22-3;/h4-5,12,14H,6-11,13H2,1-3H3,(H2,19,20);1H. The maximum Gasteiger partial charge on any atom is 0.191 e. The van der Waals surface area contributed by atoms with Gasteiger partial charge in [-0.1, -0.05) is 19.1 Å². The number of ether oxygens (including phenoxy) is 2. The van der Waals surface area contributed by atoms with Gasteiger partial charge in [0.15, 0.2) is 5.96 Å². The molecule has 24 heavy (non-hydrogen) atoms. The fraction of sp³-hybridized carbons (Fsp3) is 0.611. The number of nitrogens with zero attached hydrogens (tertiary/aromatic N) is 2. The number of benzene rings is 1. The van der Waals surface area contributed by atoms with Crippen LogP contribution in [0.4, 0.5) is 0 Å². The lowest BCUT2D eigenvalue weighted by atomic mass is 10.00. The molecule has 0 aromatic heterocycles. The quantitative estimate of drug-likeness (QED) is 0.315. The summed E-state index contributed by atoms with van der Waals surface area (Å²) in [7, 11) is 1.67. The number of guanidine groups is 1. The number of nitrogens with two attached hydrogens (primary N) is 1. The first kappa shape index (κ1) is 21.0. The number of hydrogen-bond acceptors (Lipinski definition) is 3. The molecule has 1 aromatic carbocycles. The second kappa shape index (κ2) is 10.8. The van der Waals surface area contributed by atoms with Crippen LogP contribution in [0.1, 0.15) is 30.9 Å². The first-order valence-electron chi connectivity index (χ1n) is 8.36. The van der Waals surface area contributed by atoms with Crippen molar-refractivity contribution < 1.29 is 9.47 Å². The Balaban J connectivity index is 0.00000288. The van der Waals surface area contributed by atoms with E-state index in [4.69, 9.17) is 15.2 Å². The number of piperidine rings is 1. The highest BCUT2D eigenvalue weighted by molar-refractivity contribution is 14.0. The van der Waals surface area contributed by atoms with Crippen LogP contribution >= 0.6 is 24.0 Å². The molecule has 0 radical (unpaired) electrons. The van der Waals surface area contributed by atoms with Gasteiger partial charge in [-0.25, -0.2) is 4.99 Å². The predicted molar refractivity (Wildman–Crippen MR) is 109 cm³/mol. The molecule has 1 aliphatic heterocycles. The van der Waals surface area contributed by atoms with Crippen LogP contribution in [0.15, 0.2) is 23.2 Å². The van der Waals surface area contributed by atoms with Crippen LogP contribution in [0.3, 0.4) is 0 Å². The number of aryl methyl sites for hydroxylation is 1. The summed E-state index contributed by atoms with van der Waals surface area (Å²) in [5, 5.41) is 0. The highest BCUT2D eigenvalue weighted by Gasteiger charge is 2.17. The van der Waals surface area contributed by atoms with Crippen molar-refractivity contribution in [3.8, 4) is 5.75 Å². The molecule has 1 fully saturated rings. The van der Waals surface area contributed by atoms with Crippen molar-refractivity contribution in [1.82, 2.24) is 4.90 Å². The lowest BCUT2D eigenvalue weighted by Crippen LogP contribution is -2.42. The van der Waals surface area contributed by atoms with Gasteiger partial charge in [0, 0.05) is 25.8 Å². The highest BCUT2D eigenvalue weighted by atomic mass is 127. The third-order valence-electron chi connectivity index (χ3n) is 4.29. The predicted octanol–water partition coefficient (Wildman–Crippen LogP) is 3.18.